The van der Waals surface area contributed by atoms with Crippen molar-refractivity contribution in [3.63, 3.8) is 0 Å². The number of hydrogen-bond donors (Lipinski definition) is 0. The van der Waals surface area contributed by atoms with Crippen LogP contribution >= 0.6 is 15.9 Å². The highest BCUT2D eigenvalue weighted by Crippen LogP contribution is 2.23. The first-order valence-corrected chi connectivity index (χ1v) is 8.53. The van der Waals surface area contributed by atoms with Gasteiger partial charge in [-0.05, 0) is 47.5 Å². The smallest absolute Gasteiger partial charge is 0.243 e. The van der Waals surface area contributed by atoms with Crippen LogP contribution in [0, 0.1) is 5.82 Å². The average molecular weight is 368 g/mol. The van der Waals surface area contributed by atoms with Gasteiger partial charge in [0.05, 0.1) is 16.0 Å². The zero-order valence-electron chi connectivity index (χ0n) is 11.8. The molecular weight excluding hydrogens is 349 g/mol. The summed E-state index contributed by atoms with van der Waals surface area (Å²) in [5.74, 6) is -0.595. The molecule has 0 N–H and O–H groups in total. The molecule has 0 aliphatic heterocycles. The lowest BCUT2D eigenvalue weighted by atomic mass is 10.3. The molecule has 0 heterocycles. The van der Waals surface area contributed by atoms with E-state index >= 15 is 0 Å². The first-order chi connectivity index (χ1) is 9.34. The van der Waals surface area contributed by atoms with Gasteiger partial charge in [-0.15, -0.1) is 0 Å². The first kappa shape index (κ1) is 17.6. The molecule has 0 saturated carbocycles. The molecule has 0 spiro atoms. The van der Waals surface area contributed by atoms with E-state index in [0.29, 0.717) is 13.0 Å². The maximum atomic E-state index is 13.6. The molecule has 1 rings (SSSR count). The summed E-state index contributed by atoms with van der Waals surface area (Å²) in [6, 6.07) is 3.64. The van der Waals surface area contributed by atoms with Crippen molar-refractivity contribution < 1.29 is 17.5 Å². The molecule has 0 aromatic heterocycles. The van der Waals surface area contributed by atoms with E-state index in [4.69, 9.17) is 4.74 Å². The fourth-order valence-electron chi connectivity index (χ4n) is 1.74. The number of benzene rings is 1. The molecule has 0 bridgehead atoms. The van der Waals surface area contributed by atoms with E-state index < -0.39 is 15.8 Å². The zero-order chi connectivity index (χ0) is 15.3. The van der Waals surface area contributed by atoms with Crippen LogP contribution in [-0.2, 0) is 14.8 Å². The van der Waals surface area contributed by atoms with Crippen LogP contribution in [0.25, 0.3) is 0 Å². The van der Waals surface area contributed by atoms with Crippen molar-refractivity contribution in [2.45, 2.75) is 31.2 Å². The summed E-state index contributed by atoms with van der Waals surface area (Å²) < 4.78 is 45.3. The second-order valence-electron chi connectivity index (χ2n) is 4.44. The second kappa shape index (κ2) is 7.49. The Labute approximate surface area is 128 Å². The fraction of sp³-hybridized carbons (Fsp3) is 0.538. The first-order valence-electron chi connectivity index (χ1n) is 6.30. The summed E-state index contributed by atoms with van der Waals surface area (Å²) in [5, 5.41) is 0. The minimum atomic E-state index is -3.73. The van der Waals surface area contributed by atoms with Gasteiger partial charge in [0, 0.05) is 19.7 Å². The number of ether oxygens (including phenoxy) is 1. The van der Waals surface area contributed by atoms with Gasteiger partial charge in [0.2, 0.25) is 10.0 Å². The van der Waals surface area contributed by atoms with E-state index in [2.05, 4.69) is 15.9 Å². The highest BCUT2D eigenvalue weighted by Gasteiger charge is 2.28. The summed E-state index contributed by atoms with van der Waals surface area (Å²) in [7, 11) is -2.22. The van der Waals surface area contributed by atoms with Crippen molar-refractivity contribution in [1.82, 2.24) is 4.31 Å². The molecule has 0 fully saturated rings. The third-order valence-electron chi connectivity index (χ3n) is 3.10. The van der Waals surface area contributed by atoms with Crippen LogP contribution in [-0.4, -0.2) is 39.0 Å². The molecule has 0 saturated heterocycles. The Morgan fingerprint density at radius 1 is 1.45 bits per heavy atom. The van der Waals surface area contributed by atoms with Crippen molar-refractivity contribution in [3.05, 3.63) is 28.5 Å². The molecule has 1 aromatic carbocycles. The highest BCUT2D eigenvalue weighted by atomic mass is 79.9. The fourth-order valence-corrected chi connectivity index (χ4v) is 3.68. The number of nitrogens with zero attached hydrogens (tertiary/aromatic N) is 1. The van der Waals surface area contributed by atoms with Gasteiger partial charge in [-0.25, -0.2) is 12.8 Å². The minimum absolute atomic E-state index is 0.0467. The third kappa shape index (κ3) is 4.00. The topological polar surface area (TPSA) is 46.6 Å². The van der Waals surface area contributed by atoms with Crippen molar-refractivity contribution in [2.24, 2.45) is 0 Å². The SMILES string of the molecule is CCC(C)N(CCOC)S(=O)(=O)c1ccc(Br)c(F)c1. The summed E-state index contributed by atoms with van der Waals surface area (Å²) in [4.78, 5) is -0.0467. The Kier molecular flexibility index (Phi) is 6.57. The van der Waals surface area contributed by atoms with Crippen LogP contribution in [0.4, 0.5) is 4.39 Å². The molecule has 0 amide bonds. The van der Waals surface area contributed by atoms with E-state index in [9.17, 15) is 12.8 Å². The summed E-state index contributed by atoms with van der Waals surface area (Å²) in [6.45, 7) is 4.26. The molecule has 114 valence electrons. The Hall–Kier alpha value is -0.500. The molecule has 0 aliphatic rings. The molecule has 7 heteroatoms. The van der Waals surface area contributed by atoms with E-state index in [1.54, 1.807) is 0 Å². The average Bonchev–Trinajstić information content (AvgIpc) is 2.41. The molecule has 4 nitrogen and oxygen atoms in total. The Morgan fingerprint density at radius 3 is 2.60 bits per heavy atom. The number of halogens is 2. The van der Waals surface area contributed by atoms with Crippen LogP contribution in [0.15, 0.2) is 27.6 Å². The van der Waals surface area contributed by atoms with Crippen molar-refractivity contribution in [3.8, 4) is 0 Å². The minimum Gasteiger partial charge on any atom is -0.383 e. The maximum absolute atomic E-state index is 13.6. The van der Waals surface area contributed by atoms with Gasteiger partial charge in [-0.3, -0.25) is 0 Å². The highest BCUT2D eigenvalue weighted by molar-refractivity contribution is 9.10. The summed E-state index contributed by atoms with van der Waals surface area (Å²) >= 11 is 3.01. The molecule has 0 radical (unpaired) electrons. The predicted octanol–water partition coefficient (Wildman–Crippen LogP) is 3.02. The van der Waals surface area contributed by atoms with E-state index in [1.165, 1.54) is 23.5 Å². The van der Waals surface area contributed by atoms with Crippen LogP contribution in [0.5, 0.6) is 0 Å². The van der Waals surface area contributed by atoms with Crippen LogP contribution in [0.3, 0.4) is 0 Å². The molecule has 1 aromatic rings. The largest absolute Gasteiger partial charge is 0.383 e. The van der Waals surface area contributed by atoms with Gasteiger partial charge >= 0.3 is 0 Å². The number of methoxy groups -OCH3 is 1. The van der Waals surface area contributed by atoms with Gasteiger partial charge in [0.15, 0.2) is 0 Å². The van der Waals surface area contributed by atoms with Gasteiger partial charge in [-0.2, -0.15) is 4.31 Å². The van der Waals surface area contributed by atoms with Gasteiger partial charge in [-0.1, -0.05) is 6.92 Å². The van der Waals surface area contributed by atoms with Gasteiger partial charge < -0.3 is 4.74 Å². The normalized spacial score (nSPS) is 13.7. The number of sulfonamides is 1. The lowest BCUT2D eigenvalue weighted by Gasteiger charge is -2.27. The van der Waals surface area contributed by atoms with Crippen LogP contribution < -0.4 is 0 Å². The summed E-state index contributed by atoms with van der Waals surface area (Å²) in [6.07, 6.45) is 0.669. The van der Waals surface area contributed by atoms with Gasteiger partial charge in [0.25, 0.3) is 0 Å². The van der Waals surface area contributed by atoms with Gasteiger partial charge in [0.1, 0.15) is 5.82 Å². The molecular formula is C13H19BrFNO3S. The standard InChI is InChI=1S/C13H19BrFNO3S/c1-4-10(2)16(7-8-19-3)20(17,18)11-5-6-12(14)13(15)9-11/h5-6,9-10H,4,7-8H2,1-3H3. The Morgan fingerprint density at radius 2 is 2.10 bits per heavy atom. The Bertz CT molecular complexity index is 551. The van der Waals surface area contributed by atoms with Crippen LogP contribution in [0.1, 0.15) is 20.3 Å². The second-order valence-corrected chi connectivity index (χ2v) is 7.19. The quantitative estimate of drug-likeness (QED) is 0.743. The Balaban J connectivity index is 3.17. The molecule has 1 atom stereocenters. The van der Waals surface area contributed by atoms with E-state index in [1.807, 2.05) is 13.8 Å². The van der Waals surface area contributed by atoms with E-state index in [0.717, 1.165) is 6.07 Å². The zero-order valence-corrected chi connectivity index (χ0v) is 14.2. The van der Waals surface area contributed by atoms with Crippen molar-refractivity contribution in [1.29, 1.82) is 0 Å². The lowest BCUT2D eigenvalue weighted by Crippen LogP contribution is -2.40. The molecule has 0 aliphatic carbocycles. The maximum Gasteiger partial charge on any atom is 0.243 e. The van der Waals surface area contributed by atoms with Crippen LogP contribution in [0.2, 0.25) is 0 Å². The molecule has 20 heavy (non-hydrogen) atoms. The number of rotatable bonds is 7. The third-order valence-corrected chi connectivity index (χ3v) is 5.75. The number of hydrogen-bond acceptors (Lipinski definition) is 3. The van der Waals surface area contributed by atoms with Crippen molar-refractivity contribution in [2.75, 3.05) is 20.3 Å². The monoisotopic (exact) mass is 367 g/mol. The molecule has 1 unspecified atom stereocenters. The summed E-state index contributed by atoms with van der Waals surface area (Å²) in [5.41, 5.74) is 0. The predicted molar refractivity (Wildman–Crippen MR) is 79.6 cm³/mol. The van der Waals surface area contributed by atoms with Crippen molar-refractivity contribution >= 4 is 26.0 Å². The van der Waals surface area contributed by atoms with E-state index in [-0.39, 0.29) is 22.0 Å². The lowest BCUT2D eigenvalue weighted by molar-refractivity contribution is 0.167.